The van der Waals surface area contributed by atoms with E-state index in [0.717, 1.165) is 36.5 Å². The van der Waals surface area contributed by atoms with Crippen molar-refractivity contribution in [2.24, 2.45) is 0 Å². The largest absolute Gasteiger partial charge is 0.464 e. The summed E-state index contributed by atoms with van der Waals surface area (Å²) in [5, 5.41) is 0.776. The van der Waals surface area contributed by atoms with E-state index in [4.69, 9.17) is 9.47 Å². The average molecular weight is 460 g/mol. The van der Waals surface area contributed by atoms with Crippen LogP contribution in [0.15, 0.2) is 30.3 Å². The number of hydrogen-bond acceptors (Lipinski definition) is 6. The van der Waals surface area contributed by atoms with E-state index in [1.807, 2.05) is 30.3 Å². The van der Waals surface area contributed by atoms with Crippen LogP contribution in [0.4, 0.5) is 0 Å². The van der Waals surface area contributed by atoms with Crippen LogP contribution in [0.2, 0.25) is 0 Å². The Morgan fingerprint density at radius 2 is 1.84 bits per heavy atom. The molecule has 3 fully saturated rings. The standard InChI is InChI=1S/C26H37NO4S/c1-27-20-13-14-21(27)17-22(16-20)31-26(29)24(19-8-3-2-4-9-19)18-30-25(28)12-6-5-10-23-11-7-15-32-23/h2-4,8-9,20-24H,5-7,10-18H2,1H3/t20-,21?,22?,23+,24?/m0/s1. The Hall–Kier alpha value is -1.53. The minimum absolute atomic E-state index is 0.0356. The maximum atomic E-state index is 13.1. The molecule has 0 saturated carbocycles. The Kier molecular flexibility index (Phi) is 8.53. The van der Waals surface area contributed by atoms with Crippen LogP contribution in [-0.4, -0.2) is 59.7 Å². The maximum Gasteiger partial charge on any atom is 0.317 e. The molecule has 3 saturated heterocycles. The predicted molar refractivity (Wildman–Crippen MR) is 128 cm³/mol. The average Bonchev–Trinajstić information content (AvgIpc) is 3.37. The van der Waals surface area contributed by atoms with Crippen molar-refractivity contribution in [2.45, 2.75) is 93.6 Å². The quantitative estimate of drug-likeness (QED) is 0.365. The molecule has 0 spiro atoms. The number of hydrogen-bond donors (Lipinski definition) is 0. The zero-order chi connectivity index (χ0) is 22.3. The number of benzene rings is 1. The van der Waals surface area contributed by atoms with Gasteiger partial charge in [-0.25, -0.2) is 0 Å². The third-order valence-electron chi connectivity index (χ3n) is 7.42. The van der Waals surface area contributed by atoms with E-state index in [2.05, 4.69) is 23.7 Å². The van der Waals surface area contributed by atoms with Gasteiger partial charge in [0.2, 0.25) is 0 Å². The zero-order valence-corrected chi connectivity index (χ0v) is 20.1. The number of carbonyl (C=O) groups excluding carboxylic acids is 2. The summed E-state index contributed by atoms with van der Waals surface area (Å²) in [6.45, 7) is 0.0552. The highest BCUT2D eigenvalue weighted by molar-refractivity contribution is 8.00. The third kappa shape index (κ3) is 6.28. The summed E-state index contributed by atoms with van der Waals surface area (Å²) in [6.07, 6.45) is 10.3. The second-order valence-electron chi connectivity index (χ2n) is 9.61. The van der Waals surface area contributed by atoms with Gasteiger partial charge in [0.15, 0.2) is 0 Å². The monoisotopic (exact) mass is 459 g/mol. The van der Waals surface area contributed by atoms with E-state index in [-0.39, 0.29) is 24.6 Å². The van der Waals surface area contributed by atoms with Gasteiger partial charge in [0.25, 0.3) is 0 Å². The topological polar surface area (TPSA) is 55.8 Å². The molecular weight excluding hydrogens is 422 g/mol. The van der Waals surface area contributed by atoms with E-state index >= 15 is 0 Å². The van der Waals surface area contributed by atoms with E-state index in [9.17, 15) is 9.59 Å². The first-order valence-electron chi connectivity index (χ1n) is 12.3. The normalized spacial score (nSPS) is 28.4. The van der Waals surface area contributed by atoms with Crippen LogP contribution in [-0.2, 0) is 19.1 Å². The van der Waals surface area contributed by atoms with Crippen molar-refractivity contribution in [3.05, 3.63) is 35.9 Å². The Morgan fingerprint density at radius 1 is 1.09 bits per heavy atom. The minimum atomic E-state index is -0.563. The van der Waals surface area contributed by atoms with E-state index < -0.39 is 5.92 Å². The van der Waals surface area contributed by atoms with Crippen LogP contribution < -0.4 is 0 Å². The number of unbranched alkanes of at least 4 members (excludes halogenated alkanes) is 1. The van der Waals surface area contributed by atoms with Crippen molar-refractivity contribution in [3.63, 3.8) is 0 Å². The number of ether oxygens (including phenoxy) is 2. The molecule has 3 aliphatic rings. The first-order chi connectivity index (χ1) is 15.6. The lowest BCUT2D eigenvalue weighted by Gasteiger charge is -2.36. The van der Waals surface area contributed by atoms with Gasteiger partial charge in [-0.05, 0) is 69.7 Å². The van der Waals surface area contributed by atoms with Crippen LogP contribution >= 0.6 is 11.8 Å². The molecule has 0 amide bonds. The summed E-state index contributed by atoms with van der Waals surface area (Å²) >= 11 is 2.06. The summed E-state index contributed by atoms with van der Waals surface area (Å²) in [5.41, 5.74) is 0.847. The molecule has 176 valence electrons. The Bertz CT molecular complexity index is 737. The fourth-order valence-electron chi connectivity index (χ4n) is 5.45. The van der Waals surface area contributed by atoms with Crippen LogP contribution in [0.1, 0.15) is 75.7 Å². The molecule has 5 atom stereocenters. The number of rotatable bonds is 10. The summed E-state index contributed by atoms with van der Waals surface area (Å²) in [6, 6.07) is 10.6. The lowest BCUT2D eigenvalue weighted by atomic mass is 9.98. The third-order valence-corrected chi connectivity index (χ3v) is 8.88. The molecule has 0 N–H and O–H groups in total. The van der Waals surface area contributed by atoms with Crippen molar-refractivity contribution >= 4 is 23.7 Å². The van der Waals surface area contributed by atoms with E-state index in [1.54, 1.807) is 0 Å². The molecule has 3 aliphatic heterocycles. The molecule has 2 bridgehead atoms. The second-order valence-corrected chi connectivity index (χ2v) is 11.0. The highest BCUT2D eigenvalue weighted by Crippen LogP contribution is 2.36. The maximum absolute atomic E-state index is 13.1. The van der Waals surface area contributed by atoms with Gasteiger partial charge in [-0.1, -0.05) is 36.8 Å². The zero-order valence-electron chi connectivity index (χ0n) is 19.2. The highest BCUT2D eigenvalue weighted by atomic mass is 32.2. The fraction of sp³-hybridized carbons (Fsp3) is 0.692. The van der Waals surface area contributed by atoms with Gasteiger partial charge < -0.3 is 14.4 Å². The van der Waals surface area contributed by atoms with Crippen molar-refractivity contribution < 1.29 is 19.1 Å². The number of carbonyl (C=O) groups is 2. The smallest absolute Gasteiger partial charge is 0.317 e. The summed E-state index contributed by atoms with van der Waals surface area (Å²) < 4.78 is 11.5. The number of piperidine rings is 1. The van der Waals surface area contributed by atoms with Crippen molar-refractivity contribution in [3.8, 4) is 0 Å². The predicted octanol–water partition coefficient (Wildman–Crippen LogP) is 4.94. The first kappa shape index (κ1) is 23.6. The highest BCUT2D eigenvalue weighted by Gasteiger charge is 2.40. The van der Waals surface area contributed by atoms with Crippen molar-refractivity contribution in [1.82, 2.24) is 4.90 Å². The summed E-state index contributed by atoms with van der Waals surface area (Å²) in [7, 11) is 2.18. The summed E-state index contributed by atoms with van der Waals surface area (Å²) in [4.78, 5) is 27.9. The van der Waals surface area contributed by atoms with Crippen molar-refractivity contribution in [2.75, 3.05) is 19.4 Å². The SMILES string of the molecule is CN1C2CC[C@H]1CC(OC(=O)C(COC(=O)CCCC[C@@H]1CCCS1)c1ccccc1)C2. The second kappa shape index (κ2) is 11.6. The van der Waals surface area contributed by atoms with Crippen molar-refractivity contribution in [1.29, 1.82) is 0 Å². The Balaban J connectivity index is 1.26. The van der Waals surface area contributed by atoms with Gasteiger partial charge in [0.05, 0.1) is 0 Å². The fourth-order valence-corrected chi connectivity index (χ4v) is 6.79. The molecule has 5 nitrogen and oxygen atoms in total. The Labute approximate surface area is 196 Å². The molecule has 0 aromatic heterocycles. The molecule has 0 aliphatic carbocycles. The van der Waals surface area contributed by atoms with Gasteiger partial charge in [0, 0.05) is 23.8 Å². The molecule has 0 radical (unpaired) electrons. The number of esters is 2. The van der Waals surface area contributed by atoms with Gasteiger partial charge >= 0.3 is 11.9 Å². The van der Waals surface area contributed by atoms with Gasteiger partial charge in [-0.2, -0.15) is 11.8 Å². The molecule has 3 unspecified atom stereocenters. The molecule has 1 aromatic carbocycles. The van der Waals surface area contributed by atoms with E-state index in [0.29, 0.717) is 18.5 Å². The van der Waals surface area contributed by atoms with E-state index in [1.165, 1.54) is 37.9 Å². The number of fused-ring (bicyclic) bond motifs is 2. The van der Waals surface area contributed by atoms with Crippen LogP contribution in [0, 0.1) is 0 Å². The molecule has 6 heteroatoms. The molecule has 32 heavy (non-hydrogen) atoms. The summed E-state index contributed by atoms with van der Waals surface area (Å²) in [5.74, 6) is 0.237. The van der Waals surface area contributed by atoms with Crippen LogP contribution in [0.5, 0.6) is 0 Å². The molecule has 3 heterocycles. The Morgan fingerprint density at radius 3 is 2.53 bits per heavy atom. The lowest BCUT2D eigenvalue weighted by Crippen LogP contribution is -2.44. The van der Waals surface area contributed by atoms with Gasteiger partial charge in [-0.3, -0.25) is 9.59 Å². The number of thioether (sulfide) groups is 1. The van der Waals surface area contributed by atoms with Gasteiger partial charge in [0.1, 0.15) is 18.6 Å². The molecule has 1 aromatic rings. The van der Waals surface area contributed by atoms with Crippen LogP contribution in [0.25, 0.3) is 0 Å². The first-order valence-corrected chi connectivity index (χ1v) is 13.4. The van der Waals surface area contributed by atoms with Crippen LogP contribution in [0.3, 0.4) is 0 Å². The van der Waals surface area contributed by atoms with Gasteiger partial charge in [-0.15, -0.1) is 0 Å². The minimum Gasteiger partial charge on any atom is -0.464 e. The lowest BCUT2D eigenvalue weighted by molar-refractivity contribution is -0.158. The number of nitrogens with zero attached hydrogens (tertiary/aromatic N) is 1. The molecular formula is C26H37NO4S. The molecule has 4 rings (SSSR count).